The monoisotopic (exact) mass is 285 g/mol. The van der Waals surface area contributed by atoms with E-state index in [4.69, 9.17) is 5.73 Å². The van der Waals surface area contributed by atoms with E-state index < -0.39 is 0 Å². The Bertz CT molecular complexity index is 798. The number of hydrogen-bond acceptors (Lipinski definition) is 6. The van der Waals surface area contributed by atoms with E-state index in [-0.39, 0.29) is 5.91 Å². The number of aryl methyl sites for hydroxylation is 1. The van der Waals surface area contributed by atoms with Gasteiger partial charge in [0.25, 0.3) is 5.91 Å². The summed E-state index contributed by atoms with van der Waals surface area (Å²) in [5, 5.41) is 13.3. The van der Waals surface area contributed by atoms with E-state index in [2.05, 4.69) is 20.5 Å². The molecule has 3 N–H and O–H groups in total. The van der Waals surface area contributed by atoms with Gasteiger partial charge in [-0.15, -0.1) is 10.2 Å². The van der Waals surface area contributed by atoms with Crippen molar-refractivity contribution < 1.29 is 4.79 Å². The zero-order valence-electron chi connectivity index (χ0n) is 10.6. The van der Waals surface area contributed by atoms with E-state index in [0.29, 0.717) is 21.9 Å². The van der Waals surface area contributed by atoms with E-state index in [1.54, 1.807) is 18.3 Å². The summed E-state index contributed by atoms with van der Waals surface area (Å²) in [6.45, 7) is 1.82. The number of carbonyl (C=O) groups excluding carboxylic acids is 1. The van der Waals surface area contributed by atoms with Crippen molar-refractivity contribution in [1.29, 1.82) is 0 Å². The highest BCUT2D eigenvalue weighted by molar-refractivity contribution is 7.15. The number of aromatic nitrogens is 3. The van der Waals surface area contributed by atoms with Crippen LogP contribution in [0, 0.1) is 6.92 Å². The molecule has 1 amide bonds. The highest BCUT2D eigenvalue weighted by Crippen LogP contribution is 2.21. The predicted octanol–water partition coefficient (Wildman–Crippen LogP) is 2.23. The minimum Gasteiger partial charge on any atom is -0.399 e. The number of rotatable bonds is 2. The third kappa shape index (κ3) is 2.30. The van der Waals surface area contributed by atoms with Crippen LogP contribution in [-0.4, -0.2) is 21.1 Å². The molecule has 0 aliphatic heterocycles. The molecule has 0 fully saturated rings. The topological polar surface area (TPSA) is 93.8 Å². The average Bonchev–Trinajstić information content (AvgIpc) is 2.83. The Labute approximate surface area is 118 Å². The quantitative estimate of drug-likeness (QED) is 0.704. The summed E-state index contributed by atoms with van der Waals surface area (Å²) in [5.41, 5.74) is 6.68. The molecule has 20 heavy (non-hydrogen) atoms. The standard InChI is InChI=1S/C13H11N5OS/c1-7-17-18-13(20-7)16-12(19)11-10-6-9(14)3-2-8(10)4-5-15-11/h2-6H,14H2,1H3,(H,16,18,19). The maximum absolute atomic E-state index is 12.3. The van der Waals surface area contributed by atoms with E-state index in [9.17, 15) is 4.79 Å². The van der Waals surface area contributed by atoms with Gasteiger partial charge in [0.2, 0.25) is 5.13 Å². The van der Waals surface area contributed by atoms with E-state index >= 15 is 0 Å². The first kappa shape index (κ1) is 12.5. The lowest BCUT2D eigenvalue weighted by Gasteiger charge is -2.05. The van der Waals surface area contributed by atoms with Crippen molar-refractivity contribution in [2.75, 3.05) is 11.1 Å². The number of nitrogen functional groups attached to an aromatic ring is 1. The molecule has 0 saturated heterocycles. The van der Waals surface area contributed by atoms with Crippen molar-refractivity contribution >= 4 is 38.8 Å². The van der Waals surface area contributed by atoms with Gasteiger partial charge in [-0.25, -0.2) is 0 Å². The maximum Gasteiger partial charge on any atom is 0.276 e. The van der Waals surface area contributed by atoms with Gasteiger partial charge in [0.1, 0.15) is 10.7 Å². The van der Waals surface area contributed by atoms with Gasteiger partial charge in [-0.2, -0.15) is 0 Å². The van der Waals surface area contributed by atoms with Gasteiger partial charge in [-0.05, 0) is 30.5 Å². The van der Waals surface area contributed by atoms with Crippen LogP contribution in [0.4, 0.5) is 10.8 Å². The molecule has 100 valence electrons. The Kier molecular flexibility index (Phi) is 3.03. The molecule has 0 spiro atoms. The summed E-state index contributed by atoms with van der Waals surface area (Å²) in [6.07, 6.45) is 1.60. The molecule has 0 radical (unpaired) electrons. The van der Waals surface area contributed by atoms with Crippen LogP contribution >= 0.6 is 11.3 Å². The lowest BCUT2D eigenvalue weighted by molar-refractivity contribution is 0.102. The summed E-state index contributed by atoms with van der Waals surface area (Å²) in [5.74, 6) is -0.322. The molecular formula is C13H11N5OS. The molecule has 7 heteroatoms. The molecule has 1 aromatic carbocycles. The number of fused-ring (bicyclic) bond motifs is 1. The van der Waals surface area contributed by atoms with Gasteiger partial charge in [0.15, 0.2) is 0 Å². The molecule has 2 aromatic heterocycles. The number of nitrogens with zero attached hydrogens (tertiary/aromatic N) is 3. The van der Waals surface area contributed by atoms with Crippen LogP contribution in [-0.2, 0) is 0 Å². The number of pyridine rings is 1. The Balaban J connectivity index is 2.01. The summed E-state index contributed by atoms with van der Waals surface area (Å²) >= 11 is 1.31. The minimum absolute atomic E-state index is 0.322. The number of anilines is 2. The normalized spacial score (nSPS) is 10.7. The molecule has 0 saturated carbocycles. The van der Waals surface area contributed by atoms with Crippen molar-refractivity contribution in [1.82, 2.24) is 15.2 Å². The number of amides is 1. The molecule has 0 atom stereocenters. The van der Waals surface area contributed by atoms with Crippen molar-refractivity contribution in [3.8, 4) is 0 Å². The molecule has 3 aromatic rings. The highest BCUT2D eigenvalue weighted by Gasteiger charge is 2.14. The van der Waals surface area contributed by atoms with Crippen LogP contribution in [0.3, 0.4) is 0 Å². The maximum atomic E-state index is 12.3. The van der Waals surface area contributed by atoms with Gasteiger partial charge in [-0.3, -0.25) is 15.1 Å². The third-order valence-corrected chi connectivity index (χ3v) is 3.51. The summed E-state index contributed by atoms with van der Waals surface area (Å²) in [7, 11) is 0. The highest BCUT2D eigenvalue weighted by atomic mass is 32.1. The smallest absolute Gasteiger partial charge is 0.276 e. The number of hydrogen-bond donors (Lipinski definition) is 2. The van der Waals surface area contributed by atoms with Gasteiger partial charge in [0, 0.05) is 17.3 Å². The van der Waals surface area contributed by atoms with E-state index in [1.807, 2.05) is 19.1 Å². The summed E-state index contributed by atoms with van der Waals surface area (Å²) in [4.78, 5) is 16.4. The zero-order chi connectivity index (χ0) is 14.1. The first-order valence-electron chi connectivity index (χ1n) is 5.89. The number of carbonyl (C=O) groups is 1. The van der Waals surface area contributed by atoms with Crippen molar-refractivity contribution in [2.45, 2.75) is 6.92 Å². The van der Waals surface area contributed by atoms with E-state index in [0.717, 1.165) is 10.4 Å². The second-order valence-corrected chi connectivity index (χ2v) is 5.40. The number of nitrogens with one attached hydrogen (secondary N) is 1. The lowest BCUT2D eigenvalue weighted by Crippen LogP contribution is -2.14. The van der Waals surface area contributed by atoms with Crippen molar-refractivity contribution in [3.05, 3.63) is 41.2 Å². The Morgan fingerprint density at radius 1 is 1.30 bits per heavy atom. The van der Waals surface area contributed by atoms with Crippen LogP contribution in [0.5, 0.6) is 0 Å². The first-order chi connectivity index (χ1) is 9.63. The van der Waals surface area contributed by atoms with Crippen molar-refractivity contribution in [2.24, 2.45) is 0 Å². The second-order valence-electron chi connectivity index (χ2n) is 4.22. The Morgan fingerprint density at radius 2 is 2.15 bits per heavy atom. The number of benzene rings is 1. The summed E-state index contributed by atoms with van der Waals surface area (Å²) in [6, 6.07) is 7.22. The molecular weight excluding hydrogens is 274 g/mol. The third-order valence-electron chi connectivity index (χ3n) is 2.75. The molecule has 0 aliphatic rings. The average molecular weight is 285 g/mol. The van der Waals surface area contributed by atoms with Gasteiger partial charge < -0.3 is 5.73 Å². The summed E-state index contributed by atoms with van der Waals surface area (Å²) < 4.78 is 0. The molecule has 0 bridgehead atoms. The molecule has 6 nitrogen and oxygen atoms in total. The molecule has 2 heterocycles. The molecule has 3 rings (SSSR count). The van der Waals surface area contributed by atoms with E-state index in [1.165, 1.54) is 11.3 Å². The fraction of sp³-hybridized carbons (Fsp3) is 0.0769. The van der Waals surface area contributed by atoms with Crippen LogP contribution in [0.1, 0.15) is 15.5 Å². The number of nitrogens with two attached hydrogens (primary N) is 1. The largest absolute Gasteiger partial charge is 0.399 e. The van der Waals surface area contributed by atoms with Crippen LogP contribution in [0.25, 0.3) is 10.8 Å². The predicted molar refractivity (Wildman–Crippen MR) is 78.8 cm³/mol. The Hall–Kier alpha value is -2.54. The second kappa shape index (κ2) is 4.86. The minimum atomic E-state index is -0.322. The van der Waals surface area contributed by atoms with Crippen LogP contribution in [0.2, 0.25) is 0 Å². The van der Waals surface area contributed by atoms with Crippen LogP contribution in [0.15, 0.2) is 30.5 Å². The van der Waals surface area contributed by atoms with Gasteiger partial charge in [0.05, 0.1) is 0 Å². The van der Waals surface area contributed by atoms with Crippen LogP contribution < -0.4 is 11.1 Å². The van der Waals surface area contributed by atoms with Crippen molar-refractivity contribution in [3.63, 3.8) is 0 Å². The zero-order valence-corrected chi connectivity index (χ0v) is 11.4. The fourth-order valence-corrected chi connectivity index (χ4v) is 2.46. The molecule has 0 unspecified atom stereocenters. The first-order valence-corrected chi connectivity index (χ1v) is 6.71. The Morgan fingerprint density at radius 3 is 2.90 bits per heavy atom. The van der Waals surface area contributed by atoms with Gasteiger partial charge in [-0.1, -0.05) is 17.4 Å². The molecule has 0 aliphatic carbocycles. The lowest BCUT2D eigenvalue weighted by atomic mass is 10.1. The fourth-order valence-electron chi connectivity index (χ4n) is 1.87. The SMILES string of the molecule is Cc1nnc(NC(=O)c2nccc3ccc(N)cc23)s1. The van der Waals surface area contributed by atoms with Gasteiger partial charge >= 0.3 is 0 Å².